The summed E-state index contributed by atoms with van der Waals surface area (Å²) >= 11 is 0. The smallest absolute Gasteiger partial charge is 0.411 e. The lowest BCUT2D eigenvalue weighted by Gasteiger charge is -2.16. The Morgan fingerprint density at radius 1 is 1.00 bits per heavy atom. The van der Waals surface area contributed by atoms with Crippen molar-refractivity contribution in [3.63, 3.8) is 0 Å². The Bertz CT molecular complexity index is 1320. The summed E-state index contributed by atoms with van der Waals surface area (Å²) in [5.74, 6) is 0.464. The van der Waals surface area contributed by atoms with Gasteiger partial charge in [0.2, 0.25) is 0 Å². The Kier molecular flexibility index (Phi) is 8.26. The highest BCUT2D eigenvalue weighted by Gasteiger charge is 2.15. The maximum absolute atomic E-state index is 12.7. The van der Waals surface area contributed by atoms with Gasteiger partial charge >= 0.3 is 6.09 Å². The van der Waals surface area contributed by atoms with Gasteiger partial charge in [0.05, 0.1) is 5.56 Å². The van der Waals surface area contributed by atoms with E-state index in [0.717, 1.165) is 35.1 Å². The van der Waals surface area contributed by atoms with Gasteiger partial charge in [0.15, 0.2) is 0 Å². The van der Waals surface area contributed by atoms with E-state index in [-0.39, 0.29) is 17.9 Å². The number of allylic oxidation sites excluding steroid dienone is 3. The van der Waals surface area contributed by atoms with E-state index in [2.05, 4.69) is 16.7 Å². The number of aromatic hydroxyl groups is 1. The molecule has 0 atom stereocenters. The number of hydrogen-bond donors (Lipinski definition) is 3. The molecule has 1 aliphatic carbocycles. The lowest BCUT2D eigenvalue weighted by atomic mass is 10.1. The highest BCUT2D eigenvalue weighted by molar-refractivity contribution is 5.97. The van der Waals surface area contributed by atoms with E-state index in [0.29, 0.717) is 23.7 Å². The van der Waals surface area contributed by atoms with Gasteiger partial charge in [0, 0.05) is 12.2 Å². The predicted octanol–water partition coefficient (Wildman–Crippen LogP) is 6.56. The summed E-state index contributed by atoms with van der Waals surface area (Å²) in [6.07, 6.45) is 7.35. The first-order chi connectivity index (χ1) is 17.9. The van der Waals surface area contributed by atoms with Crippen LogP contribution in [0.4, 0.5) is 10.5 Å². The van der Waals surface area contributed by atoms with Crippen LogP contribution < -0.4 is 15.4 Å². The molecule has 3 aromatic carbocycles. The molecule has 0 heterocycles. The molecular formula is C30H30N2O5. The molecule has 0 spiro atoms. The zero-order chi connectivity index (χ0) is 26.2. The second kappa shape index (κ2) is 11.9. The van der Waals surface area contributed by atoms with Crippen molar-refractivity contribution in [2.45, 2.75) is 33.2 Å². The molecule has 2 amide bonds. The third-order valence-corrected chi connectivity index (χ3v) is 5.92. The van der Waals surface area contributed by atoms with Gasteiger partial charge in [-0.3, -0.25) is 10.1 Å². The summed E-state index contributed by atoms with van der Waals surface area (Å²) < 4.78 is 11.4. The summed E-state index contributed by atoms with van der Waals surface area (Å²) in [6.45, 7) is 4.34. The number of amides is 2. The van der Waals surface area contributed by atoms with Crippen molar-refractivity contribution in [2.75, 3.05) is 11.9 Å². The fraction of sp³-hybridized carbons (Fsp3) is 0.200. The Labute approximate surface area is 216 Å². The van der Waals surface area contributed by atoms with Gasteiger partial charge in [-0.15, -0.1) is 0 Å². The molecule has 0 aliphatic heterocycles. The number of aryl methyl sites for hydroxylation is 2. The van der Waals surface area contributed by atoms with Crippen LogP contribution in [0.2, 0.25) is 0 Å². The van der Waals surface area contributed by atoms with Gasteiger partial charge in [-0.05, 0) is 79.3 Å². The third kappa shape index (κ3) is 7.01. The molecule has 0 saturated carbocycles. The third-order valence-electron chi connectivity index (χ3n) is 5.92. The van der Waals surface area contributed by atoms with Gasteiger partial charge < -0.3 is 19.9 Å². The molecule has 0 unspecified atom stereocenters. The van der Waals surface area contributed by atoms with Crippen LogP contribution >= 0.6 is 0 Å². The molecule has 4 rings (SSSR count). The summed E-state index contributed by atoms with van der Waals surface area (Å²) in [7, 11) is 0. The van der Waals surface area contributed by atoms with Crippen molar-refractivity contribution >= 4 is 17.7 Å². The monoisotopic (exact) mass is 498 g/mol. The Morgan fingerprint density at radius 2 is 1.76 bits per heavy atom. The maximum Gasteiger partial charge on any atom is 0.411 e. The number of carbonyl (C=O) groups is 2. The molecule has 0 radical (unpaired) electrons. The van der Waals surface area contributed by atoms with Crippen LogP contribution in [0, 0.1) is 13.8 Å². The van der Waals surface area contributed by atoms with Gasteiger partial charge in [-0.2, -0.15) is 0 Å². The first-order valence-electron chi connectivity index (χ1n) is 12.1. The van der Waals surface area contributed by atoms with Gasteiger partial charge in [-0.1, -0.05) is 48.6 Å². The molecule has 0 aromatic heterocycles. The highest BCUT2D eigenvalue weighted by Crippen LogP contribution is 2.33. The first kappa shape index (κ1) is 25.6. The number of hydrogen-bond acceptors (Lipinski definition) is 5. The van der Waals surface area contributed by atoms with Crippen molar-refractivity contribution in [3.05, 3.63) is 107 Å². The van der Waals surface area contributed by atoms with Gasteiger partial charge in [0.25, 0.3) is 5.91 Å². The number of carbonyl (C=O) groups excluding carboxylic acids is 2. The zero-order valence-corrected chi connectivity index (χ0v) is 20.9. The minimum atomic E-state index is -0.521. The minimum absolute atomic E-state index is 0.119. The predicted molar refractivity (Wildman–Crippen MR) is 143 cm³/mol. The Morgan fingerprint density at radius 3 is 2.46 bits per heavy atom. The summed E-state index contributed by atoms with van der Waals surface area (Å²) in [5, 5.41) is 15.8. The molecule has 1 aliphatic rings. The molecule has 3 N–H and O–H groups in total. The van der Waals surface area contributed by atoms with Crippen molar-refractivity contribution in [3.8, 4) is 17.2 Å². The SMILES string of the molecule is Cc1cc(NC(=O)OCC2=CC=CCC2)cc(C)c1Oc1ccc(O)c(C(=O)NCc2ccccc2)c1. The van der Waals surface area contributed by atoms with Crippen LogP contribution in [0.25, 0.3) is 0 Å². The van der Waals surface area contributed by atoms with E-state index in [1.807, 2.05) is 56.3 Å². The van der Waals surface area contributed by atoms with E-state index < -0.39 is 12.0 Å². The van der Waals surface area contributed by atoms with Crippen molar-refractivity contribution in [1.29, 1.82) is 0 Å². The fourth-order valence-electron chi connectivity index (χ4n) is 4.02. The number of rotatable bonds is 8. The number of phenolic OH excluding ortho intramolecular Hbond substituents is 1. The number of anilines is 1. The largest absolute Gasteiger partial charge is 0.507 e. The molecule has 0 bridgehead atoms. The van der Waals surface area contributed by atoms with Crippen molar-refractivity contribution < 1.29 is 24.2 Å². The van der Waals surface area contributed by atoms with E-state index in [1.165, 1.54) is 12.1 Å². The Balaban J connectivity index is 1.40. The van der Waals surface area contributed by atoms with Crippen LogP contribution in [0.3, 0.4) is 0 Å². The van der Waals surface area contributed by atoms with Crippen molar-refractivity contribution in [1.82, 2.24) is 5.32 Å². The lowest BCUT2D eigenvalue weighted by Crippen LogP contribution is -2.22. The highest BCUT2D eigenvalue weighted by atomic mass is 16.5. The normalized spacial score (nSPS) is 12.4. The second-order valence-corrected chi connectivity index (χ2v) is 8.88. The van der Waals surface area contributed by atoms with Crippen LogP contribution in [-0.2, 0) is 11.3 Å². The summed E-state index contributed by atoms with van der Waals surface area (Å²) in [4.78, 5) is 25.0. The first-order valence-corrected chi connectivity index (χ1v) is 12.1. The van der Waals surface area contributed by atoms with Crippen molar-refractivity contribution in [2.24, 2.45) is 0 Å². The Hall–Kier alpha value is -4.52. The molecule has 7 nitrogen and oxygen atoms in total. The van der Waals surface area contributed by atoms with E-state index in [1.54, 1.807) is 18.2 Å². The number of benzene rings is 3. The molecule has 7 heteroatoms. The number of nitrogens with one attached hydrogen (secondary N) is 2. The molecule has 3 aromatic rings. The fourth-order valence-corrected chi connectivity index (χ4v) is 4.02. The average Bonchev–Trinajstić information content (AvgIpc) is 2.90. The lowest BCUT2D eigenvalue weighted by molar-refractivity contribution is 0.0948. The minimum Gasteiger partial charge on any atom is -0.507 e. The zero-order valence-electron chi connectivity index (χ0n) is 20.9. The molecule has 190 valence electrons. The standard InChI is InChI=1S/C30H30N2O5/c1-20-15-24(32-30(35)36-19-23-11-7-4-8-12-23)16-21(2)28(20)37-25-13-14-27(33)26(17-25)29(34)31-18-22-9-5-3-6-10-22/h3-7,9-11,13-17,33H,8,12,18-19H2,1-2H3,(H,31,34)(H,32,35). The maximum atomic E-state index is 12.7. The number of ether oxygens (including phenoxy) is 2. The van der Waals surface area contributed by atoms with E-state index in [9.17, 15) is 14.7 Å². The summed E-state index contributed by atoms with van der Waals surface area (Å²) in [6, 6.07) is 17.6. The van der Waals surface area contributed by atoms with Gasteiger partial charge in [-0.25, -0.2) is 4.79 Å². The number of phenols is 1. The van der Waals surface area contributed by atoms with Crippen LogP contribution in [0.1, 0.15) is 39.9 Å². The van der Waals surface area contributed by atoms with Crippen LogP contribution in [0.15, 0.2) is 84.5 Å². The summed E-state index contributed by atoms with van der Waals surface area (Å²) in [5.41, 5.74) is 4.33. The molecule has 0 fully saturated rings. The van der Waals surface area contributed by atoms with Crippen LogP contribution in [-0.4, -0.2) is 23.7 Å². The van der Waals surface area contributed by atoms with Gasteiger partial charge in [0.1, 0.15) is 23.9 Å². The quantitative estimate of drug-likeness (QED) is 0.327. The van der Waals surface area contributed by atoms with Crippen LogP contribution in [0.5, 0.6) is 17.2 Å². The topological polar surface area (TPSA) is 96.9 Å². The second-order valence-electron chi connectivity index (χ2n) is 8.88. The molecule has 0 saturated heterocycles. The molecular weight excluding hydrogens is 468 g/mol. The van der Waals surface area contributed by atoms with E-state index in [4.69, 9.17) is 9.47 Å². The molecule has 37 heavy (non-hydrogen) atoms. The average molecular weight is 499 g/mol. The van der Waals surface area contributed by atoms with E-state index >= 15 is 0 Å².